The summed E-state index contributed by atoms with van der Waals surface area (Å²) in [6, 6.07) is 0.870. The molecule has 1 heterocycles. The van der Waals surface area contributed by atoms with Gasteiger partial charge in [-0.1, -0.05) is 20.3 Å². The highest BCUT2D eigenvalue weighted by Crippen LogP contribution is 2.29. The van der Waals surface area contributed by atoms with Crippen LogP contribution in [0.1, 0.15) is 65.2 Å². The fourth-order valence-corrected chi connectivity index (χ4v) is 4.18. The van der Waals surface area contributed by atoms with E-state index in [4.69, 9.17) is 0 Å². The summed E-state index contributed by atoms with van der Waals surface area (Å²) in [6.45, 7) is 8.63. The molecule has 0 spiro atoms. The first-order valence-electron chi connectivity index (χ1n) is 9.11. The summed E-state index contributed by atoms with van der Waals surface area (Å²) in [7, 11) is 2.36. The molecule has 2 nitrogen and oxygen atoms in total. The number of piperidine rings is 1. The van der Waals surface area contributed by atoms with Crippen LogP contribution in [0.2, 0.25) is 0 Å². The Hall–Kier alpha value is -0.0800. The summed E-state index contributed by atoms with van der Waals surface area (Å²) in [6.07, 6.45) is 11.4. The van der Waals surface area contributed by atoms with Crippen LogP contribution in [0.3, 0.4) is 0 Å². The van der Waals surface area contributed by atoms with Crippen molar-refractivity contribution in [3.63, 3.8) is 0 Å². The monoisotopic (exact) mass is 280 g/mol. The summed E-state index contributed by atoms with van der Waals surface area (Å²) in [4.78, 5) is 2.67. The zero-order valence-electron chi connectivity index (χ0n) is 14.0. The van der Waals surface area contributed by atoms with Crippen LogP contribution in [-0.4, -0.2) is 37.6 Å². The van der Waals surface area contributed by atoms with Gasteiger partial charge in [-0.15, -0.1) is 0 Å². The lowest BCUT2D eigenvalue weighted by Gasteiger charge is -2.36. The van der Waals surface area contributed by atoms with E-state index < -0.39 is 0 Å². The highest BCUT2D eigenvalue weighted by atomic mass is 15.1. The topological polar surface area (TPSA) is 15.3 Å². The second kappa shape index (κ2) is 8.38. The molecule has 0 radical (unpaired) electrons. The Morgan fingerprint density at radius 1 is 1.15 bits per heavy atom. The molecule has 2 heteroatoms. The first kappa shape index (κ1) is 16.3. The summed E-state index contributed by atoms with van der Waals surface area (Å²) < 4.78 is 0. The number of hydrogen-bond donors (Lipinski definition) is 1. The van der Waals surface area contributed by atoms with Crippen molar-refractivity contribution in [1.29, 1.82) is 0 Å². The SMILES string of the molecule is CCC1CCC(N(C)CCC(C)C2CCCNC2)CC1. The standard InChI is InChI=1S/C18H36N2/c1-4-16-7-9-18(10-8-16)20(3)13-11-15(2)17-6-5-12-19-14-17/h15-19H,4-14H2,1-3H3. The third-order valence-corrected chi connectivity index (χ3v) is 6.09. The molecule has 0 aromatic carbocycles. The van der Waals surface area contributed by atoms with Crippen molar-refractivity contribution in [2.45, 2.75) is 71.3 Å². The molecular weight excluding hydrogens is 244 g/mol. The maximum absolute atomic E-state index is 3.56. The maximum atomic E-state index is 3.56. The molecule has 1 saturated carbocycles. The molecule has 1 aliphatic carbocycles. The maximum Gasteiger partial charge on any atom is 0.00924 e. The molecule has 2 rings (SSSR count). The van der Waals surface area contributed by atoms with Gasteiger partial charge in [0.1, 0.15) is 0 Å². The predicted octanol–water partition coefficient (Wildman–Crippen LogP) is 3.91. The van der Waals surface area contributed by atoms with E-state index in [1.807, 2.05) is 0 Å². The minimum Gasteiger partial charge on any atom is -0.316 e. The summed E-state index contributed by atoms with van der Waals surface area (Å²) in [5.74, 6) is 2.83. The molecule has 0 amide bonds. The third-order valence-electron chi connectivity index (χ3n) is 6.09. The van der Waals surface area contributed by atoms with Gasteiger partial charge in [-0.2, -0.15) is 0 Å². The molecule has 0 aromatic heterocycles. The van der Waals surface area contributed by atoms with Crippen molar-refractivity contribution >= 4 is 0 Å². The average Bonchev–Trinajstić information content (AvgIpc) is 2.53. The molecule has 0 bridgehead atoms. The smallest absolute Gasteiger partial charge is 0.00924 e. The molecule has 2 fully saturated rings. The minimum absolute atomic E-state index is 0.870. The molecule has 1 saturated heterocycles. The Bertz CT molecular complexity index is 252. The molecule has 20 heavy (non-hydrogen) atoms. The zero-order chi connectivity index (χ0) is 14.4. The number of nitrogens with zero attached hydrogens (tertiary/aromatic N) is 1. The zero-order valence-corrected chi connectivity index (χ0v) is 14.0. The van der Waals surface area contributed by atoms with Gasteiger partial charge in [-0.05, 0) is 89.4 Å². The van der Waals surface area contributed by atoms with Gasteiger partial charge >= 0.3 is 0 Å². The van der Waals surface area contributed by atoms with E-state index in [1.54, 1.807) is 0 Å². The Kier molecular flexibility index (Phi) is 6.83. The average molecular weight is 281 g/mol. The largest absolute Gasteiger partial charge is 0.316 e. The highest BCUT2D eigenvalue weighted by Gasteiger charge is 2.24. The number of hydrogen-bond acceptors (Lipinski definition) is 2. The molecule has 0 aromatic rings. The molecule has 1 N–H and O–H groups in total. The fraction of sp³-hybridized carbons (Fsp3) is 1.00. The van der Waals surface area contributed by atoms with Crippen LogP contribution in [-0.2, 0) is 0 Å². The predicted molar refractivity (Wildman–Crippen MR) is 88.0 cm³/mol. The van der Waals surface area contributed by atoms with Crippen molar-refractivity contribution in [3.05, 3.63) is 0 Å². The van der Waals surface area contributed by atoms with Crippen molar-refractivity contribution in [1.82, 2.24) is 10.2 Å². The molecule has 2 atom stereocenters. The lowest BCUT2D eigenvalue weighted by atomic mass is 9.83. The van der Waals surface area contributed by atoms with E-state index in [1.165, 1.54) is 71.0 Å². The van der Waals surface area contributed by atoms with E-state index in [-0.39, 0.29) is 0 Å². The van der Waals surface area contributed by atoms with Gasteiger partial charge in [0, 0.05) is 6.04 Å². The Morgan fingerprint density at radius 2 is 1.90 bits per heavy atom. The van der Waals surface area contributed by atoms with E-state index >= 15 is 0 Å². The van der Waals surface area contributed by atoms with Crippen LogP contribution in [0.4, 0.5) is 0 Å². The van der Waals surface area contributed by atoms with Crippen LogP contribution in [0.5, 0.6) is 0 Å². The molecule has 2 unspecified atom stereocenters. The van der Waals surface area contributed by atoms with Crippen LogP contribution in [0.15, 0.2) is 0 Å². The lowest BCUT2D eigenvalue weighted by molar-refractivity contribution is 0.147. The first-order valence-corrected chi connectivity index (χ1v) is 9.11. The number of nitrogens with one attached hydrogen (secondary N) is 1. The van der Waals surface area contributed by atoms with E-state index in [2.05, 4.69) is 31.1 Å². The highest BCUT2D eigenvalue weighted by molar-refractivity contribution is 4.79. The van der Waals surface area contributed by atoms with E-state index in [9.17, 15) is 0 Å². The van der Waals surface area contributed by atoms with Crippen molar-refractivity contribution < 1.29 is 0 Å². The molecule has 1 aliphatic heterocycles. The van der Waals surface area contributed by atoms with Crippen LogP contribution >= 0.6 is 0 Å². The lowest BCUT2D eigenvalue weighted by Crippen LogP contribution is -2.38. The summed E-state index contributed by atoms with van der Waals surface area (Å²) in [5, 5.41) is 3.56. The minimum atomic E-state index is 0.870. The summed E-state index contributed by atoms with van der Waals surface area (Å²) in [5.41, 5.74) is 0. The Morgan fingerprint density at radius 3 is 2.50 bits per heavy atom. The third kappa shape index (κ3) is 4.73. The second-order valence-electron chi connectivity index (χ2n) is 7.44. The second-order valence-corrected chi connectivity index (χ2v) is 7.44. The quantitative estimate of drug-likeness (QED) is 0.793. The van der Waals surface area contributed by atoms with Gasteiger partial charge < -0.3 is 10.2 Å². The summed E-state index contributed by atoms with van der Waals surface area (Å²) >= 11 is 0. The normalized spacial score (nSPS) is 33.3. The van der Waals surface area contributed by atoms with Gasteiger partial charge in [-0.3, -0.25) is 0 Å². The fourth-order valence-electron chi connectivity index (χ4n) is 4.18. The van der Waals surface area contributed by atoms with Crippen molar-refractivity contribution in [3.8, 4) is 0 Å². The Labute approximate surface area is 126 Å². The van der Waals surface area contributed by atoms with Gasteiger partial charge in [0.05, 0.1) is 0 Å². The van der Waals surface area contributed by atoms with Crippen molar-refractivity contribution in [2.24, 2.45) is 17.8 Å². The van der Waals surface area contributed by atoms with Gasteiger partial charge in [-0.25, -0.2) is 0 Å². The van der Waals surface area contributed by atoms with Gasteiger partial charge in [0.15, 0.2) is 0 Å². The van der Waals surface area contributed by atoms with Gasteiger partial charge in [0.2, 0.25) is 0 Å². The van der Waals surface area contributed by atoms with Gasteiger partial charge in [0.25, 0.3) is 0 Å². The first-order chi connectivity index (χ1) is 9.70. The Balaban J connectivity index is 1.65. The number of rotatable bonds is 6. The van der Waals surface area contributed by atoms with E-state index in [0.717, 1.165) is 23.8 Å². The molecule has 2 aliphatic rings. The van der Waals surface area contributed by atoms with E-state index in [0.29, 0.717) is 0 Å². The van der Waals surface area contributed by atoms with Crippen LogP contribution in [0.25, 0.3) is 0 Å². The van der Waals surface area contributed by atoms with Crippen molar-refractivity contribution in [2.75, 3.05) is 26.7 Å². The molecular formula is C18H36N2. The molecule has 118 valence electrons. The van der Waals surface area contributed by atoms with Crippen LogP contribution < -0.4 is 5.32 Å². The van der Waals surface area contributed by atoms with Crippen LogP contribution in [0, 0.1) is 17.8 Å².